The third-order valence-corrected chi connectivity index (χ3v) is 5.11. The average Bonchev–Trinajstić information content (AvgIpc) is 3.21. The van der Waals surface area contributed by atoms with Crippen LogP contribution in [0.15, 0.2) is 48.2 Å². The number of benzene rings is 1. The van der Waals surface area contributed by atoms with Crippen LogP contribution in [0.25, 0.3) is 6.08 Å². The van der Waals surface area contributed by atoms with Gasteiger partial charge in [0.2, 0.25) is 6.79 Å². The van der Waals surface area contributed by atoms with Gasteiger partial charge in [-0.1, -0.05) is 31.4 Å². The Kier molecular flexibility index (Phi) is 5.24. The lowest BCUT2D eigenvalue weighted by Crippen LogP contribution is -2.42. The predicted molar refractivity (Wildman–Crippen MR) is 105 cm³/mol. The predicted octanol–water partition coefficient (Wildman–Crippen LogP) is 4.08. The van der Waals surface area contributed by atoms with Crippen molar-refractivity contribution in [1.82, 2.24) is 4.98 Å². The molecular formula is C22H21N3O3. The maximum atomic E-state index is 13.4. The summed E-state index contributed by atoms with van der Waals surface area (Å²) >= 11 is 0. The smallest absolute Gasteiger partial charge is 0.270 e. The van der Waals surface area contributed by atoms with Crippen molar-refractivity contribution in [2.75, 3.05) is 11.7 Å². The Labute approximate surface area is 164 Å². The molecule has 2 aromatic rings. The van der Waals surface area contributed by atoms with Crippen LogP contribution < -0.4 is 14.4 Å². The van der Waals surface area contributed by atoms with Crippen molar-refractivity contribution >= 4 is 17.8 Å². The summed E-state index contributed by atoms with van der Waals surface area (Å²) in [5.41, 5.74) is 0.800. The van der Waals surface area contributed by atoms with E-state index in [1.165, 1.54) is 6.42 Å². The molecule has 4 rings (SSSR count). The van der Waals surface area contributed by atoms with Crippen LogP contribution in [0.2, 0.25) is 0 Å². The lowest BCUT2D eigenvalue weighted by Gasteiger charge is -2.33. The summed E-state index contributed by atoms with van der Waals surface area (Å²) in [5.74, 6) is 1.56. The standard InChI is InChI=1S/C22H21N3O3/c23-14-17(12-16-9-10-19-20(13-16)28-15-27-19)22(26)25(18-6-2-1-3-7-18)21-8-4-5-11-24-21/h4-5,8-13,18H,1-3,6-7,15H2/b17-12-. The molecular weight excluding hydrogens is 354 g/mol. The minimum absolute atomic E-state index is 0.0599. The zero-order valence-electron chi connectivity index (χ0n) is 15.5. The van der Waals surface area contributed by atoms with Crippen molar-refractivity contribution in [3.8, 4) is 17.6 Å². The third-order valence-electron chi connectivity index (χ3n) is 5.11. The minimum Gasteiger partial charge on any atom is -0.454 e. The number of nitrogens with zero attached hydrogens (tertiary/aromatic N) is 3. The van der Waals surface area contributed by atoms with E-state index in [9.17, 15) is 10.1 Å². The fraction of sp³-hybridized carbons (Fsp3) is 0.318. The van der Waals surface area contributed by atoms with Gasteiger partial charge in [0, 0.05) is 12.2 Å². The molecule has 1 aromatic heterocycles. The number of hydrogen-bond donors (Lipinski definition) is 0. The molecule has 2 aliphatic rings. The monoisotopic (exact) mass is 375 g/mol. The van der Waals surface area contributed by atoms with Crippen molar-refractivity contribution in [2.24, 2.45) is 0 Å². The number of rotatable bonds is 4. The van der Waals surface area contributed by atoms with E-state index in [2.05, 4.69) is 11.1 Å². The van der Waals surface area contributed by atoms with Crippen LogP contribution in [0, 0.1) is 11.3 Å². The molecule has 1 saturated carbocycles. The highest BCUT2D eigenvalue weighted by Gasteiger charge is 2.30. The first-order chi connectivity index (χ1) is 13.8. The Morgan fingerprint density at radius 3 is 2.71 bits per heavy atom. The van der Waals surface area contributed by atoms with E-state index in [1.807, 2.05) is 24.3 Å². The van der Waals surface area contributed by atoms with Crippen molar-refractivity contribution in [2.45, 2.75) is 38.1 Å². The molecule has 6 nitrogen and oxygen atoms in total. The van der Waals surface area contributed by atoms with Gasteiger partial charge in [0.05, 0.1) is 0 Å². The molecule has 142 valence electrons. The van der Waals surface area contributed by atoms with E-state index >= 15 is 0 Å². The van der Waals surface area contributed by atoms with Gasteiger partial charge in [0.15, 0.2) is 11.5 Å². The Morgan fingerprint density at radius 1 is 1.14 bits per heavy atom. The third kappa shape index (κ3) is 3.70. The number of pyridine rings is 1. The lowest BCUT2D eigenvalue weighted by molar-refractivity contribution is -0.115. The first-order valence-corrected chi connectivity index (χ1v) is 9.52. The van der Waals surface area contributed by atoms with Gasteiger partial charge >= 0.3 is 0 Å². The average molecular weight is 375 g/mol. The maximum Gasteiger partial charge on any atom is 0.270 e. The van der Waals surface area contributed by atoms with E-state index in [0.29, 0.717) is 17.3 Å². The van der Waals surface area contributed by atoms with Crippen LogP contribution in [0.4, 0.5) is 5.82 Å². The van der Waals surface area contributed by atoms with Crippen LogP contribution in [0.5, 0.6) is 11.5 Å². The van der Waals surface area contributed by atoms with Crippen LogP contribution in [0.3, 0.4) is 0 Å². The van der Waals surface area contributed by atoms with Gasteiger partial charge in [-0.3, -0.25) is 9.69 Å². The number of hydrogen-bond acceptors (Lipinski definition) is 5. The maximum absolute atomic E-state index is 13.4. The molecule has 1 aromatic carbocycles. The number of carbonyl (C=O) groups excluding carboxylic acids is 1. The highest BCUT2D eigenvalue weighted by molar-refractivity contribution is 6.11. The summed E-state index contributed by atoms with van der Waals surface area (Å²) in [6.07, 6.45) is 8.45. The zero-order valence-corrected chi connectivity index (χ0v) is 15.5. The molecule has 2 heterocycles. The Morgan fingerprint density at radius 2 is 1.96 bits per heavy atom. The highest BCUT2D eigenvalue weighted by atomic mass is 16.7. The second-order valence-corrected chi connectivity index (χ2v) is 6.94. The first-order valence-electron chi connectivity index (χ1n) is 9.52. The fourth-order valence-electron chi connectivity index (χ4n) is 3.73. The second kappa shape index (κ2) is 8.13. The summed E-state index contributed by atoms with van der Waals surface area (Å²) in [6, 6.07) is 13.0. The van der Waals surface area contributed by atoms with Gasteiger partial charge in [0.25, 0.3) is 5.91 Å². The summed E-state index contributed by atoms with van der Waals surface area (Å²) in [6.45, 7) is 0.182. The molecule has 0 bridgehead atoms. The zero-order chi connectivity index (χ0) is 19.3. The molecule has 1 amide bonds. The van der Waals surface area contributed by atoms with Gasteiger partial charge in [-0.2, -0.15) is 5.26 Å². The fourth-order valence-corrected chi connectivity index (χ4v) is 3.73. The number of aromatic nitrogens is 1. The van der Waals surface area contributed by atoms with Crippen LogP contribution >= 0.6 is 0 Å². The van der Waals surface area contributed by atoms with E-state index in [-0.39, 0.29) is 24.3 Å². The van der Waals surface area contributed by atoms with Gasteiger partial charge in [-0.15, -0.1) is 0 Å². The minimum atomic E-state index is -0.314. The molecule has 0 atom stereocenters. The van der Waals surface area contributed by atoms with Crippen molar-refractivity contribution in [3.63, 3.8) is 0 Å². The van der Waals surface area contributed by atoms with E-state index in [4.69, 9.17) is 9.47 Å². The van der Waals surface area contributed by atoms with Gasteiger partial charge < -0.3 is 9.47 Å². The molecule has 1 aliphatic carbocycles. The van der Waals surface area contributed by atoms with Crippen molar-refractivity contribution < 1.29 is 14.3 Å². The molecule has 1 fully saturated rings. The Bertz CT molecular complexity index is 928. The molecule has 1 aliphatic heterocycles. The summed E-state index contributed by atoms with van der Waals surface area (Å²) in [7, 11) is 0. The molecule has 6 heteroatoms. The molecule has 28 heavy (non-hydrogen) atoms. The SMILES string of the molecule is N#C/C(=C/c1ccc2c(c1)OCO2)C(=O)N(c1ccccn1)C1CCCCC1. The first kappa shape index (κ1) is 18.1. The topological polar surface area (TPSA) is 75.5 Å². The number of amides is 1. The molecule has 0 unspecified atom stereocenters. The summed E-state index contributed by atoms with van der Waals surface area (Å²) < 4.78 is 10.7. The molecule has 0 N–H and O–H groups in total. The van der Waals surface area contributed by atoms with Crippen LogP contribution in [-0.2, 0) is 4.79 Å². The molecule has 0 spiro atoms. The highest BCUT2D eigenvalue weighted by Crippen LogP contribution is 2.33. The van der Waals surface area contributed by atoms with E-state index < -0.39 is 0 Å². The number of ether oxygens (including phenoxy) is 2. The molecule has 0 radical (unpaired) electrons. The largest absolute Gasteiger partial charge is 0.454 e. The van der Waals surface area contributed by atoms with Crippen LogP contribution in [-0.4, -0.2) is 23.7 Å². The van der Waals surface area contributed by atoms with Crippen molar-refractivity contribution in [1.29, 1.82) is 5.26 Å². The van der Waals surface area contributed by atoms with E-state index in [0.717, 1.165) is 31.2 Å². The second-order valence-electron chi connectivity index (χ2n) is 6.94. The van der Waals surface area contributed by atoms with E-state index in [1.54, 1.807) is 29.3 Å². The Balaban J connectivity index is 1.67. The molecule has 0 saturated heterocycles. The summed E-state index contributed by atoms with van der Waals surface area (Å²) in [4.78, 5) is 19.4. The summed E-state index contributed by atoms with van der Waals surface area (Å²) in [5, 5.41) is 9.70. The quantitative estimate of drug-likeness (QED) is 0.594. The van der Waals surface area contributed by atoms with Gasteiger partial charge in [0.1, 0.15) is 17.5 Å². The Hall–Kier alpha value is -3.33. The lowest BCUT2D eigenvalue weighted by atomic mass is 9.93. The normalized spacial score (nSPS) is 16.5. The number of fused-ring (bicyclic) bond motifs is 1. The van der Waals surface area contributed by atoms with Crippen LogP contribution in [0.1, 0.15) is 37.7 Å². The van der Waals surface area contributed by atoms with Gasteiger partial charge in [-0.05, 0) is 48.7 Å². The number of nitriles is 1. The van der Waals surface area contributed by atoms with Crippen molar-refractivity contribution in [3.05, 3.63) is 53.7 Å². The number of anilines is 1. The van der Waals surface area contributed by atoms with Gasteiger partial charge in [-0.25, -0.2) is 4.98 Å². The number of carbonyl (C=O) groups is 1.